The van der Waals surface area contributed by atoms with Gasteiger partial charge in [-0.3, -0.25) is 0 Å². The van der Waals surface area contributed by atoms with Gasteiger partial charge in [-0.1, -0.05) is 17.7 Å². The minimum atomic E-state index is -0.988. The normalized spacial score (nSPS) is 10.5. The topological polar surface area (TPSA) is 58.6 Å². The SMILES string of the molecule is Cc1ccc(OCCCCNc2ccc(Cl)cc2C(=O)O)cc1C. The maximum Gasteiger partial charge on any atom is 0.337 e. The van der Waals surface area contributed by atoms with Crippen LogP contribution in [0.3, 0.4) is 0 Å². The van der Waals surface area contributed by atoms with Crippen molar-refractivity contribution in [3.05, 3.63) is 58.1 Å². The molecule has 0 atom stereocenters. The summed E-state index contributed by atoms with van der Waals surface area (Å²) in [5, 5.41) is 12.7. The maximum absolute atomic E-state index is 11.2. The number of hydrogen-bond donors (Lipinski definition) is 2. The second-order valence-corrected chi connectivity index (χ2v) is 6.16. The van der Waals surface area contributed by atoms with Gasteiger partial charge in [0.1, 0.15) is 5.75 Å². The monoisotopic (exact) mass is 347 g/mol. The van der Waals surface area contributed by atoms with Gasteiger partial charge >= 0.3 is 5.97 Å². The molecule has 0 spiro atoms. The number of hydrogen-bond acceptors (Lipinski definition) is 3. The molecule has 24 heavy (non-hydrogen) atoms. The number of ether oxygens (including phenoxy) is 1. The van der Waals surface area contributed by atoms with Crippen LogP contribution in [0.4, 0.5) is 5.69 Å². The van der Waals surface area contributed by atoms with Crippen LogP contribution in [0.5, 0.6) is 5.75 Å². The van der Waals surface area contributed by atoms with Crippen molar-refractivity contribution >= 4 is 23.3 Å². The van der Waals surface area contributed by atoms with Gasteiger partial charge in [-0.25, -0.2) is 4.79 Å². The zero-order chi connectivity index (χ0) is 17.5. The van der Waals surface area contributed by atoms with Crippen LogP contribution in [0.15, 0.2) is 36.4 Å². The summed E-state index contributed by atoms with van der Waals surface area (Å²) in [5.74, 6) is -0.102. The molecule has 0 aliphatic heterocycles. The molecule has 0 aliphatic carbocycles. The molecule has 0 aromatic heterocycles. The molecule has 0 saturated heterocycles. The van der Waals surface area contributed by atoms with E-state index < -0.39 is 5.97 Å². The molecule has 0 heterocycles. The number of halogens is 1. The van der Waals surface area contributed by atoms with Gasteiger partial charge in [0.05, 0.1) is 12.2 Å². The average molecular weight is 348 g/mol. The third kappa shape index (κ3) is 5.17. The van der Waals surface area contributed by atoms with Gasteiger partial charge in [0.15, 0.2) is 0 Å². The summed E-state index contributed by atoms with van der Waals surface area (Å²) in [6, 6.07) is 10.9. The van der Waals surface area contributed by atoms with E-state index in [1.54, 1.807) is 12.1 Å². The fourth-order valence-corrected chi connectivity index (χ4v) is 2.46. The lowest BCUT2D eigenvalue weighted by molar-refractivity contribution is 0.0698. The van der Waals surface area contributed by atoms with Crippen molar-refractivity contribution < 1.29 is 14.6 Å². The number of nitrogens with one attached hydrogen (secondary N) is 1. The van der Waals surface area contributed by atoms with Gasteiger partial charge in [0.25, 0.3) is 0 Å². The van der Waals surface area contributed by atoms with Crippen LogP contribution in [0.2, 0.25) is 5.02 Å². The summed E-state index contributed by atoms with van der Waals surface area (Å²) in [7, 11) is 0. The van der Waals surface area contributed by atoms with Gasteiger partial charge in [-0.2, -0.15) is 0 Å². The van der Waals surface area contributed by atoms with Crippen molar-refractivity contribution in [3.63, 3.8) is 0 Å². The molecule has 128 valence electrons. The van der Waals surface area contributed by atoms with Gasteiger partial charge in [0.2, 0.25) is 0 Å². The Kier molecular flexibility index (Phi) is 6.50. The molecule has 0 unspecified atom stereocenters. The van der Waals surface area contributed by atoms with Crippen LogP contribution < -0.4 is 10.1 Å². The smallest absolute Gasteiger partial charge is 0.337 e. The van der Waals surface area contributed by atoms with E-state index in [9.17, 15) is 9.90 Å². The Hall–Kier alpha value is -2.20. The standard InChI is InChI=1S/C19H22ClNO3/c1-13-5-7-16(11-14(13)2)24-10-4-3-9-21-18-8-6-15(20)12-17(18)19(22)23/h5-8,11-12,21H,3-4,9-10H2,1-2H3,(H,22,23). The van der Waals surface area contributed by atoms with Crippen molar-refractivity contribution in [1.29, 1.82) is 0 Å². The van der Waals surface area contributed by atoms with Crippen molar-refractivity contribution in [1.82, 2.24) is 0 Å². The minimum absolute atomic E-state index is 0.189. The van der Waals surface area contributed by atoms with E-state index in [0.29, 0.717) is 23.9 Å². The Bertz CT molecular complexity index is 716. The molecule has 0 saturated carbocycles. The highest BCUT2D eigenvalue weighted by Gasteiger charge is 2.10. The first-order valence-corrected chi connectivity index (χ1v) is 8.32. The second kappa shape index (κ2) is 8.60. The van der Waals surface area contributed by atoms with Crippen LogP contribution in [-0.4, -0.2) is 24.2 Å². The highest BCUT2D eigenvalue weighted by atomic mass is 35.5. The summed E-state index contributed by atoms with van der Waals surface area (Å²) in [6.07, 6.45) is 1.77. The van der Waals surface area contributed by atoms with Crippen LogP contribution >= 0.6 is 11.6 Å². The highest BCUT2D eigenvalue weighted by Crippen LogP contribution is 2.21. The Morgan fingerprint density at radius 3 is 2.62 bits per heavy atom. The maximum atomic E-state index is 11.2. The van der Waals surface area contributed by atoms with Crippen molar-refractivity contribution in [3.8, 4) is 5.75 Å². The molecule has 0 radical (unpaired) electrons. The fraction of sp³-hybridized carbons (Fsp3) is 0.316. The van der Waals surface area contributed by atoms with Gasteiger partial charge in [-0.05, 0) is 68.1 Å². The quantitative estimate of drug-likeness (QED) is 0.665. The number of aryl methyl sites for hydroxylation is 2. The molecule has 0 amide bonds. The number of unbranched alkanes of at least 4 members (excludes halogenated alkanes) is 1. The van der Waals surface area contributed by atoms with E-state index in [0.717, 1.165) is 18.6 Å². The van der Waals surface area contributed by atoms with Crippen molar-refractivity contribution in [2.75, 3.05) is 18.5 Å². The number of carboxylic acid groups (broad SMARTS) is 1. The average Bonchev–Trinajstić information content (AvgIpc) is 2.55. The first kappa shape index (κ1) is 18.1. The van der Waals surface area contributed by atoms with E-state index in [2.05, 4.69) is 25.2 Å². The highest BCUT2D eigenvalue weighted by molar-refractivity contribution is 6.31. The lowest BCUT2D eigenvalue weighted by atomic mass is 10.1. The van der Waals surface area contributed by atoms with Gasteiger partial charge in [0, 0.05) is 17.3 Å². The zero-order valence-electron chi connectivity index (χ0n) is 13.9. The molecule has 2 aromatic rings. The first-order chi connectivity index (χ1) is 11.5. The van der Waals surface area contributed by atoms with Crippen LogP contribution in [-0.2, 0) is 0 Å². The predicted octanol–water partition coefficient (Wildman–Crippen LogP) is 4.93. The van der Waals surface area contributed by atoms with Crippen molar-refractivity contribution in [2.45, 2.75) is 26.7 Å². The molecule has 0 aliphatic rings. The van der Waals surface area contributed by atoms with E-state index >= 15 is 0 Å². The summed E-state index contributed by atoms with van der Waals surface area (Å²) in [5.41, 5.74) is 3.25. The number of carbonyl (C=O) groups is 1. The molecule has 2 rings (SSSR count). The van der Waals surface area contributed by atoms with Gasteiger partial charge < -0.3 is 15.2 Å². The summed E-state index contributed by atoms with van der Waals surface area (Å²) < 4.78 is 5.73. The lowest BCUT2D eigenvalue weighted by Crippen LogP contribution is -2.09. The molecule has 5 heteroatoms. The molecule has 0 bridgehead atoms. The van der Waals surface area contributed by atoms with E-state index in [1.807, 2.05) is 12.1 Å². The van der Waals surface area contributed by atoms with Gasteiger partial charge in [-0.15, -0.1) is 0 Å². The molecule has 2 N–H and O–H groups in total. The van der Waals surface area contributed by atoms with Crippen LogP contribution in [0, 0.1) is 13.8 Å². The summed E-state index contributed by atoms with van der Waals surface area (Å²) in [4.78, 5) is 11.2. The Morgan fingerprint density at radius 1 is 1.12 bits per heavy atom. The predicted molar refractivity (Wildman–Crippen MR) is 97.5 cm³/mol. The molecule has 2 aromatic carbocycles. The van der Waals surface area contributed by atoms with Crippen LogP contribution in [0.25, 0.3) is 0 Å². The fourth-order valence-electron chi connectivity index (χ4n) is 2.29. The first-order valence-electron chi connectivity index (χ1n) is 7.94. The molecule has 4 nitrogen and oxygen atoms in total. The van der Waals surface area contributed by atoms with E-state index in [1.165, 1.54) is 17.2 Å². The lowest BCUT2D eigenvalue weighted by Gasteiger charge is -2.11. The largest absolute Gasteiger partial charge is 0.494 e. The number of aromatic carboxylic acids is 1. The van der Waals surface area contributed by atoms with E-state index in [-0.39, 0.29) is 5.56 Å². The molecular formula is C19H22ClNO3. The zero-order valence-corrected chi connectivity index (χ0v) is 14.7. The third-order valence-electron chi connectivity index (χ3n) is 3.85. The number of rotatable bonds is 8. The second-order valence-electron chi connectivity index (χ2n) is 5.72. The Labute approximate surface area is 147 Å². The minimum Gasteiger partial charge on any atom is -0.494 e. The third-order valence-corrected chi connectivity index (χ3v) is 4.08. The van der Waals surface area contributed by atoms with Crippen molar-refractivity contribution in [2.24, 2.45) is 0 Å². The number of anilines is 1. The Balaban J connectivity index is 1.73. The van der Waals surface area contributed by atoms with E-state index in [4.69, 9.17) is 16.3 Å². The summed E-state index contributed by atoms with van der Waals surface area (Å²) >= 11 is 5.83. The van der Waals surface area contributed by atoms with Crippen LogP contribution in [0.1, 0.15) is 34.3 Å². The Morgan fingerprint density at radius 2 is 1.92 bits per heavy atom. The number of benzene rings is 2. The summed E-state index contributed by atoms with van der Waals surface area (Å²) in [6.45, 7) is 5.46. The molecular weight excluding hydrogens is 326 g/mol. The number of carboxylic acids is 1. The molecule has 0 fully saturated rings.